The molecule has 0 unspecified atom stereocenters. The summed E-state index contributed by atoms with van der Waals surface area (Å²) in [4.78, 5) is 56.3. The molecule has 10 heteroatoms. The van der Waals surface area contributed by atoms with Crippen molar-refractivity contribution in [1.82, 2.24) is 9.88 Å². The van der Waals surface area contributed by atoms with Crippen LogP contribution >= 0.6 is 0 Å². The number of aryl methyl sites for hydroxylation is 1. The third kappa shape index (κ3) is 7.08. The summed E-state index contributed by atoms with van der Waals surface area (Å²) in [5, 5.41) is 7.43. The van der Waals surface area contributed by atoms with Gasteiger partial charge in [0.15, 0.2) is 0 Å². The number of carbonyl (C=O) groups is 3. The van der Waals surface area contributed by atoms with Crippen molar-refractivity contribution in [3.63, 3.8) is 0 Å². The van der Waals surface area contributed by atoms with Crippen LogP contribution in [0.4, 0.5) is 16.2 Å². The highest BCUT2D eigenvalue weighted by molar-refractivity contribution is 5.89. The largest absolute Gasteiger partial charge is 0.466 e. The van der Waals surface area contributed by atoms with Gasteiger partial charge in [-0.3, -0.25) is 19.7 Å². The molecule has 0 aliphatic carbocycles. The Kier molecular flexibility index (Phi) is 9.28. The molecule has 2 amide bonds. The lowest BCUT2D eigenvalue weighted by Gasteiger charge is -2.30. The zero-order chi connectivity index (χ0) is 31.2. The lowest BCUT2D eigenvalue weighted by molar-refractivity contribution is -0.144. The zero-order valence-electron chi connectivity index (χ0n) is 25.0. The second-order valence-electron chi connectivity index (χ2n) is 10.9. The molecule has 4 bridgehead atoms. The van der Waals surface area contributed by atoms with Gasteiger partial charge in [0.1, 0.15) is 6.04 Å². The Morgan fingerprint density at radius 3 is 2.70 bits per heavy atom. The molecule has 6 rings (SSSR count). The minimum Gasteiger partial charge on any atom is -0.466 e. The first-order chi connectivity index (χ1) is 21.2. The standard InChI is InChI=1S/C34H36N4O6/c1-4-43-30(39)13-15-38-19-23-6-5-7-26(17-23)37-34(42)44-20-22(3)28-11-9-25(16-21(28)2)31(33(38)41)36-27-10-8-24-12-14-35-32(40)29(24)18-27/h5-12,14,16-18,22,31,36H,4,13,15,19-20H2,1-3H3,(H,35,40)(H,37,42)/t22-,31+/m0/s1. The maximum Gasteiger partial charge on any atom is 0.411 e. The minimum atomic E-state index is -0.840. The summed E-state index contributed by atoms with van der Waals surface area (Å²) in [6.07, 6.45) is 1.04. The van der Waals surface area contributed by atoms with E-state index in [9.17, 15) is 19.2 Å². The van der Waals surface area contributed by atoms with E-state index in [-0.39, 0.29) is 50.1 Å². The number of pyridine rings is 1. The third-order valence-electron chi connectivity index (χ3n) is 7.71. The first kappa shape index (κ1) is 30.3. The highest BCUT2D eigenvalue weighted by Gasteiger charge is 2.28. The van der Waals surface area contributed by atoms with Crippen LogP contribution in [0.5, 0.6) is 0 Å². The maximum atomic E-state index is 14.5. The number of esters is 1. The number of carbonyl (C=O) groups excluding carboxylic acids is 3. The van der Waals surface area contributed by atoms with Crippen molar-refractivity contribution >= 4 is 40.1 Å². The number of nitrogens with zero attached hydrogens (tertiary/aromatic N) is 1. The minimum absolute atomic E-state index is 0.0113. The summed E-state index contributed by atoms with van der Waals surface area (Å²) in [7, 11) is 0. The van der Waals surface area contributed by atoms with Crippen LogP contribution in [0.15, 0.2) is 77.7 Å². The summed E-state index contributed by atoms with van der Waals surface area (Å²) >= 11 is 0. The number of rotatable bonds is 6. The Balaban J connectivity index is 1.59. The number of H-pyrrole nitrogens is 1. The molecular weight excluding hydrogens is 560 g/mol. The van der Waals surface area contributed by atoms with E-state index in [0.717, 1.165) is 22.1 Å². The lowest BCUT2D eigenvalue weighted by Crippen LogP contribution is -2.39. The van der Waals surface area contributed by atoms with Crippen molar-refractivity contribution in [2.45, 2.75) is 45.7 Å². The summed E-state index contributed by atoms with van der Waals surface area (Å²) in [5.74, 6) is -0.760. The van der Waals surface area contributed by atoms with E-state index in [4.69, 9.17) is 9.47 Å². The number of fused-ring (bicyclic) bond motifs is 10. The van der Waals surface area contributed by atoms with Gasteiger partial charge < -0.3 is 24.7 Å². The Bertz CT molecular complexity index is 1750. The number of aromatic nitrogens is 1. The Hall–Kier alpha value is -5.12. The number of nitrogens with one attached hydrogen (secondary N) is 3. The molecule has 0 saturated carbocycles. The van der Waals surface area contributed by atoms with E-state index >= 15 is 0 Å². The average Bonchev–Trinajstić information content (AvgIpc) is 3.00. The van der Waals surface area contributed by atoms with Crippen molar-refractivity contribution < 1.29 is 23.9 Å². The van der Waals surface area contributed by atoms with E-state index in [2.05, 4.69) is 15.6 Å². The molecule has 2 aliphatic rings. The molecule has 3 aromatic carbocycles. The average molecular weight is 597 g/mol. The highest BCUT2D eigenvalue weighted by atomic mass is 16.5. The second-order valence-corrected chi connectivity index (χ2v) is 10.9. The molecule has 10 nitrogen and oxygen atoms in total. The van der Waals surface area contributed by atoms with Gasteiger partial charge in [0.25, 0.3) is 5.56 Å². The molecule has 44 heavy (non-hydrogen) atoms. The van der Waals surface area contributed by atoms with E-state index in [1.54, 1.807) is 42.3 Å². The first-order valence-electron chi connectivity index (χ1n) is 14.7. The highest BCUT2D eigenvalue weighted by Crippen LogP contribution is 2.29. The molecular formula is C34H36N4O6. The molecule has 0 saturated heterocycles. The van der Waals surface area contributed by atoms with Gasteiger partial charge in [-0.2, -0.15) is 0 Å². The molecule has 2 aliphatic heterocycles. The lowest BCUT2D eigenvalue weighted by atomic mass is 9.92. The van der Waals surface area contributed by atoms with Crippen molar-refractivity contribution in [3.8, 4) is 0 Å². The van der Waals surface area contributed by atoms with Crippen LogP contribution in [0.3, 0.4) is 0 Å². The van der Waals surface area contributed by atoms with Gasteiger partial charge in [-0.25, -0.2) is 4.79 Å². The molecule has 228 valence electrons. The fourth-order valence-electron chi connectivity index (χ4n) is 5.48. The molecule has 0 radical (unpaired) electrons. The number of aromatic amines is 1. The maximum absolute atomic E-state index is 14.5. The zero-order valence-corrected chi connectivity index (χ0v) is 25.0. The van der Waals surface area contributed by atoms with Crippen LogP contribution < -0.4 is 16.2 Å². The van der Waals surface area contributed by atoms with Crippen molar-refractivity contribution in [3.05, 3.63) is 106 Å². The molecule has 3 heterocycles. The normalized spacial score (nSPS) is 17.2. The monoisotopic (exact) mass is 596 g/mol. The van der Waals surface area contributed by atoms with Crippen LogP contribution in [0.1, 0.15) is 54.5 Å². The summed E-state index contributed by atoms with van der Waals surface area (Å²) in [6, 6.07) is 19.3. The number of amides is 2. The molecule has 4 aromatic rings. The van der Waals surface area contributed by atoms with Crippen molar-refractivity contribution in [2.24, 2.45) is 0 Å². The molecule has 2 atom stereocenters. The van der Waals surface area contributed by atoms with E-state index in [1.165, 1.54) is 0 Å². The molecule has 0 fully saturated rings. The smallest absolute Gasteiger partial charge is 0.411 e. The Morgan fingerprint density at radius 1 is 1.07 bits per heavy atom. The Morgan fingerprint density at radius 2 is 1.91 bits per heavy atom. The number of hydrogen-bond donors (Lipinski definition) is 3. The van der Waals surface area contributed by atoms with Gasteiger partial charge >= 0.3 is 12.1 Å². The van der Waals surface area contributed by atoms with E-state index in [1.807, 2.05) is 56.3 Å². The van der Waals surface area contributed by atoms with E-state index in [0.29, 0.717) is 22.3 Å². The first-order valence-corrected chi connectivity index (χ1v) is 14.7. The van der Waals surface area contributed by atoms with Gasteiger partial charge in [-0.15, -0.1) is 0 Å². The van der Waals surface area contributed by atoms with Gasteiger partial charge in [0.05, 0.1) is 19.6 Å². The molecule has 3 N–H and O–H groups in total. The molecule has 0 spiro atoms. The van der Waals surface area contributed by atoms with Crippen molar-refractivity contribution in [1.29, 1.82) is 0 Å². The topological polar surface area (TPSA) is 130 Å². The van der Waals surface area contributed by atoms with Gasteiger partial charge in [0, 0.05) is 42.0 Å². The number of hydrogen-bond acceptors (Lipinski definition) is 7. The summed E-state index contributed by atoms with van der Waals surface area (Å²) < 4.78 is 10.7. The van der Waals surface area contributed by atoms with Gasteiger partial charge in [0.2, 0.25) is 5.91 Å². The fraction of sp³-hybridized carbons (Fsp3) is 0.294. The van der Waals surface area contributed by atoms with Crippen molar-refractivity contribution in [2.75, 3.05) is 30.4 Å². The third-order valence-corrected chi connectivity index (χ3v) is 7.71. The van der Waals surface area contributed by atoms with Crippen LogP contribution in [0, 0.1) is 6.92 Å². The predicted molar refractivity (Wildman–Crippen MR) is 169 cm³/mol. The SMILES string of the molecule is CCOC(=O)CCN1Cc2cccc(c2)NC(=O)OC[C@H](C)c2ccc(cc2C)[C@@H](Nc2ccc3cc[nH]c(=O)c3c2)C1=O. The molecule has 1 aromatic heterocycles. The summed E-state index contributed by atoms with van der Waals surface area (Å²) in [5.41, 5.74) is 4.28. The van der Waals surface area contributed by atoms with Crippen LogP contribution in [-0.4, -0.2) is 47.6 Å². The van der Waals surface area contributed by atoms with Crippen LogP contribution in [0.2, 0.25) is 0 Å². The summed E-state index contributed by atoms with van der Waals surface area (Å²) in [6.45, 7) is 6.38. The van der Waals surface area contributed by atoms with Gasteiger partial charge in [-0.05, 0) is 71.8 Å². The predicted octanol–water partition coefficient (Wildman–Crippen LogP) is 5.64. The number of ether oxygens (including phenoxy) is 2. The van der Waals surface area contributed by atoms with Crippen LogP contribution in [0.25, 0.3) is 10.8 Å². The number of benzene rings is 3. The second kappa shape index (κ2) is 13.5. The number of anilines is 2. The van der Waals surface area contributed by atoms with Gasteiger partial charge in [-0.1, -0.05) is 43.3 Å². The Labute approximate surface area is 255 Å². The fourth-order valence-corrected chi connectivity index (χ4v) is 5.48. The van der Waals surface area contributed by atoms with Crippen LogP contribution in [-0.2, 0) is 25.6 Å². The van der Waals surface area contributed by atoms with E-state index < -0.39 is 18.1 Å². The quantitative estimate of drug-likeness (QED) is 0.246.